The quantitative estimate of drug-likeness (QED) is 0.168. The monoisotopic (exact) mass is 766 g/mol. The van der Waals surface area contributed by atoms with Gasteiger partial charge in [-0.15, -0.1) is 0 Å². The van der Waals surface area contributed by atoms with Crippen LogP contribution in [0.4, 0.5) is 0 Å². The maximum absolute atomic E-state index is 14.3. The Hall–Kier alpha value is -8.15. The molecule has 0 N–H and O–H groups in total. The van der Waals surface area contributed by atoms with Crippen LogP contribution in [0.2, 0.25) is 0 Å². The fraction of sp³-hybridized carbons (Fsp3) is 0. The summed E-state index contributed by atoms with van der Waals surface area (Å²) in [4.78, 5) is 14.3. The van der Waals surface area contributed by atoms with Crippen LogP contribution in [0.25, 0.3) is 132 Å². The van der Waals surface area contributed by atoms with Crippen LogP contribution in [0.1, 0.15) is 0 Å². The van der Waals surface area contributed by atoms with Gasteiger partial charge in [-0.1, -0.05) is 103 Å². The Morgan fingerprint density at radius 1 is 0.350 bits per heavy atom. The zero-order chi connectivity index (χ0) is 39.2. The highest BCUT2D eigenvalue weighted by molar-refractivity contribution is 6.24. The molecule has 5 heteroatoms. The lowest BCUT2D eigenvalue weighted by Gasteiger charge is -2.11. The summed E-state index contributed by atoms with van der Waals surface area (Å²) in [7, 11) is 0. The van der Waals surface area contributed by atoms with Gasteiger partial charge in [0.1, 0.15) is 22.3 Å². The molecule has 0 unspecified atom stereocenters. The standard InChI is InChI=1S/C55H30N2O3/c58-55-39-16-5-4-13-36(39)43-26-33(27-44-40-25-32(31-11-2-1-3-12-31)21-23-47(40)57(55)54(43)44)35-17-10-20-51-53(35)45-28-34(22-24-50(45)59-51)56-46-18-8-6-14-37(46)41-30-52-42(29-48(41)56)38-15-7-9-19-49(38)60-52/h1-30H. The molecule has 14 aromatic rings. The number of pyridine rings is 1. The van der Waals surface area contributed by atoms with E-state index in [4.69, 9.17) is 8.83 Å². The van der Waals surface area contributed by atoms with Gasteiger partial charge in [0.2, 0.25) is 0 Å². The van der Waals surface area contributed by atoms with Crippen molar-refractivity contribution < 1.29 is 8.83 Å². The molecule has 0 aliphatic heterocycles. The molecule has 0 radical (unpaired) electrons. The van der Waals surface area contributed by atoms with Crippen LogP contribution in [0.5, 0.6) is 0 Å². The van der Waals surface area contributed by atoms with Gasteiger partial charge in [0.05, 0.1) is 22.1 Å². The molecule has 0 fully saturated rings. The summed E-state index contributed by atoms with van der Waals surface area (Å²) in [6.07, 6.45) is 0. The van der Waals surface area contributed by atoms with Crippen molar-refractivity contribution in [2.45, 2.75) is 0 Å². The van der Waals surface area contributed by atoms with Gasteiger partial charge in [0, 0.05) is 59.5 Å². The number of hydrogen-bond acceptors (Lipinski definition) is 3. The minimum Gasteiger partial charge on any atom is -0.456 e. The van der Waals surface area contributed by atoms with E-state index in [0.717, 1.165) is 121 Å². The topological polar surface area (TPSA) is 52.7 Å². The van der Waals surface area contributed by atoms with Gasteiger partial charge < -0.3 is 13.4 Å². The van der Waals surface area contributed by atoms with Crippen molar-refractivity contribution in [3.63, 3.8) is 0 Å². The van der Waals surface area contributed by atoms with E-state index in [1.54, 1.807) is 0 Å². The third-order valence-electron chi connectivity index (χ3n) is 12.8. The predicted octanol–water partition coefficient (Wildman–Crippen LogP) is 14.4. The molecule has 278 valence electrons. The Morgan fingerprint density at radius 2 is 1.03 bits per heavy atom. The second kappa shape index (κ2) is 11.5. The Balaban J connectivity index is 1.06. The molecule has 60 heavy (non-hydrogen) atoms. The lowest BCUT2D eigenvalue weighted by molar-refractivity contribution is 0.669. The Morgan fingerprint density at radius 3 is 1.92 bits per heavy atom. The Kier molecular flexibility index (Phi) is 6.11. The Labute approximate surface area is 340 Å². The zero-order valence-corrected chi connectivity index (χ0v) is 31.9. The predicted molar refractivity (Wildman–Crippen MR) is 247 cm³/mol. The molecule has 5 heterocycles. The second-order valence-corrected chi connectivity index (χ2v) is 16.0. The van der Waals surface area contributed by atoms with Crippen molar-refractivity contribution in [1.82, 2.24) is 8.97 Å². The molecule has 0 aliphatic carbocycles. The van der Waals surface area contributed by atoms with E-state index in [1.807, 2.05) is 40.8 Å². The fourth-order valence-electron chi connectivity index (χ4n) is 10.2. The van der Waals surface area contributed by atoms with Crippen LogP contribution in [0.15, 0.2) is 196 Å². The number of hydrogen-bond donors (Lipinski definition) is 0. The summed E-state index contributed by atoms with van der Waals surface area (Å²) >= 11 is 0. The maximum Gasteiger partial charge on any atom is 0.263 e. The molecule has 0 aliphatic rings. The average molecular weight is 767 g/mol. The second-order valence-electron chi connectivity index (χ2n) is 16.0. The molecule has 0 saturated carbocycles. The van der Waals surface area contributed by atoms with E-state index < -0.39 is 0 Å². The first-order chi connectivity index (χ1) is 29.7. The van der Waals surface area contributed by atoms with Crippen LogP contribution < -0.4 is 5.56 Å². The minimum atomic E-state index is 0.000482. The summed E-state index contributed by atoms with van der Waals surface area (Å²) in [6.45, 7) is 0. The highest BCUT2D eigenvalue weighted by Crippen LogP contribution is 2.44. The van der Waals surface area contributed by atoms with Crippen LogP contribution in [-0.4, -0.2) is 8.97 Å². The summed E-state index contributed by atoms with van der Waals surface area (Å²) in [5.41, 5.74) is 13.0. The zero-order valence-electron chi connectivity index (χ0n) is 31.9. The van der Waals surface area contributed by atoms with Gasteiger partial charge in [-0.3, -0.25) is 9.20 Å². The smallest absolute Gasteiger partial charge is 0.263 e. The lowest BCUT2D eigenvalue weighted by atomic mass is 9.94. The Bertz CT molecular complexity index is 4200. The van der Waals surface area contributed by atoms with E-state index in [9.17, 15) is 4.79 Å². The molecule has 5 aromatic heterocycles. The van der Waals surface area contributed by atoms with E-state index >= 15 is 0 Å². The normalized spacial score (nSPS) is 12.4. The van der Waals surface area contributed by atoms with Crippen molar-refractivity contribution in [1.29, 1.82) is 0 Å². The molecule has 9 aromatic carbocycles. The first kappa shape index (κ1) is 31.9. The molecule has 14 rings (SSSR count). The van der Waals surface area contributed by atoms with Gasteiger partial charge in [0.25, 0.3) is 5.56 Å². The number of rotatable bonds is 3. The first-order valence-electron chi connectivity index (χ1n) is 20.3. The van der Waals surface area contributed by atoms with Gasteiger partial charge >= 0.3 is 0 Å². The van der Waals surface area contributed by atoms with Crippen LogP contribution in [0, 0.1) is 0 Å². The number of benzene rings is 9. The van der Waals surface area contributed by atoms with Crippen LogP contribution in [0.3, 0.4) is 0 Å². The molecular formula is C55H30N2O3. The lowest BCUT2D eigenvalue weighted by Crippen LogP contribution is -2.12. The van der Waals surface area contributed by atoms with E-state index in [-0.39, 0.29) is 5.56 Å². The largest absolute Gasteiger partial charge is 0.456 e. The molecule has 0 amide bonds. The maximum atomic E-state index is 14.3. The minimum absolute atomic E-state index is 0.000482. The highest BCUT2D eigenvalue weighted by atomic mass is 16.3. The number of fused-ring (bicyclic) bond motifs is 14. The van der Waals surface area contributed by atoms with E-state index in [1.165, 1.54) is 5.39 Å². The number of para-hydroxylation sites is 2. The summed E-state index contributed by atoms with van der Waals surface area (Å²) < 4.78 is 17.3. The highest BCUT2D eigenvalue weighted by Gasteiger charge is 2.22. The summed E-state index contributed by atoms with van der Waals surface area (Å²) in [6, 6.07) is 63.7. The number of furan rings is 2. The molecule has 0 bridgehead atoms. The fourth-order valence-corrected chi connectivity index (χ4v) is 10.2. The van der Waals surface area contributed by atoms with Crippen molar-refractivity contribution in [3.8, 4) is 27.9 Å². The van der Waals surface area contributed by atoms with E-state index in [2.05, 4.69) is 150 Å². The summed E-state index contributed by atoms with van der Waals surface area (Å²) in [5.74, 6) is 0. The molecular weight excluding hydrogens is 737 g/mol. The van der Waals surface area contributed by atoms with Gasteiger partial charge in [-0.25, -0.2) is 0 Å². The number of aromatic nitrogens is 2. The van der Waals surface area contributed by atoms with Crippen molar-refractivity contribution in [2.75, 3.05) is 0 Å². The number of nitrogens with zero attached hydrogens (tertiary/aromatic N) is 2. The van der Waals surface area contributed by atoms with E-state index in [0.29, 0.717) is 5.39 Å². The van der Waals surface area contributed by atoms with Gasteiger partial charge in [-0.05, 0) is 107 Å². The summed E-state index contributed by atoms with van der Waals surface area (Å²) in [5, 5.41) is 11.4. The average Bonchev–Trinajstić information content (AvgIpc) is 4.05. The van der Waals surface area contributed by atoms with Gasteiger partial charge in [-0.2, -0.15) is 0 Å². The first-order valence-corrected chi connectivity index (χ1v) is 20.3. The molecule has 0 atom stereocenters. The molecule has 5 nitrogen and oxygen atoms in total. The third kappa shape index (κ3) is 4.17. The van der Waals surface area contributed by atoms with Crippen molar-refractivity contribution in [3.05, 3.63) is 192 Å². The third-order valence-corrected chi connectivity index (χ3v) is 12.8. The van der Waals surface area contributed by atoms with Crippen molar-refractivity contribution in [2.24, 2.45) is 0 Å². The SMILES string of the molecule is O=c1c2ccccc2c2cc(-c3cccc4oc5ccc(-n6c7ccccc7c7cc8oc9ccccc9c8cc76)cc5c34)cc3c4cc(-c5ccccc5)ccc4n1c23. The van der Waals surface area contributed by atoms with Gasteiger partial charge in [0.15, 0.2) is 0 Å². The molecule has 0 spiro atoms. The molecule has 0 saturated heterocycles. The van der Waals surface area contributed by atoms with Crippen LogP contribution in [-0.2, 0) is 0 Å². The van der Waals surface area contributed by atoms with Crippen LogP contribution >= 0.6 is 0 Å². The van der Waals surface area contributed by atoms with Crippen molar-refractivity contribution >= 4 is 104 Å².